The van der Waals surface area contributed by atoms with Gasteiger partial charge in [0.15, 0.2) is 0 Å². The van der Waals surface area contributed by atoms with Crippen molar-refractivity contribution in [3.05, 3.63) is 35.9 Å². The number of nitrogens with one attached hydrogen (secondary N) is 1. The van der Waals surface area contributed by atoms with Crippen LogP contribution in [0.5, 0.6) is 0 Å². The summed E-state index contributed by atoms with van der Waals surface area (Å²) in [6.07, 6.45) is 0.714. The minimum Gasteiger partial charge on any atom is -0.480 e. The number of ether oxygens (including phenoxy) is 1. The molecule has 1 atom stereocenters. The third kappa shape index (κ3) is 5.52. The molecular weight excluding hydrogens is 246 g/mol. The fourth-order valence-electron chi connectivity index (χ4n) is 1.79. The lowest BCUT2D eigenvalue weighted by atomic mass is 9.96. The van der Waals surface area contributed by atoms with Gasteiger partial charge >= 0.3 is 5.97 Å². The largest absolute Gasteiger partial charge is 0.480 e. The zero-order chi connectivity index (χ0) is 14.1. The number of carboxylic acid groups (broad SMARTS) is 1. The summed E-state index contributed by atoms with van der Waals surface area (Å²) in [6, 6.07) is 9.57. The van der Waals surface area contributed by atoms with Crippen molar-refractivity contribution in [3.8, 4) is 0 Å². The maximum absolute atomic E-state index is 12.0. The minimum absolute atomic E-state index is 0.0624. The summed E-state index contributed by atoms with van der Waals surface area (Å²) >= 11 is 0. The second-order valence-corrected chi connectivity index (χ2v) is 4.11. The highest BCUT2D eigenvalue weighted by Gasteiger charge is 2.17. The summed E-state index contributed by atoms with van der Waals surface area (Å²) in [5.74, 6) is -1.25. The summed E-state index contributed by atoms with van der Waals surface area (Å²) in [4.78, 5) is 22.2. The van der Waals surface area contributed by atoms with Crippen LogP contribution in [0.1, 0.15) is 24.8 Å². The molecule has 104 valence electrons. The van der Waals surface area contributed by atoms with Gasteiger partial charge in [0.25, 0.3) is 0 Å². The molecule has 1 rings (SSSR count). The second-order valence-electron chi connectivity index (χ2n) is 4.11. The molecule has 0 heterocycles. The first-order chi connectivity index (χ1) is 9.15. The second kappa shape index (κ2) is 8.26. The van der Waals surface area contributed by atoms with Crippen LogP contribution in [-0.2, 0) is 14.3 Å². The van der Waals surface area contributed by atoms with Crippen molar-refractivity contribution >= 4 is 11.9 Å². The third-order valence-corrected chi connectivity index (χ3v) is 2.70. The Bertz CT molecular complexity index is 405. The van der Waals surface area contributed by atoms with Crippen molar-refractivity contribution in [3.63, 3.8) is 0 Å². The quantitative estimate of drug-likeness (QED) is 0.697. The smallest absolute Gasteiger partial charge is 0.329 e. The number of hydrogen-bond acceptors (Lipinski definition) is 3. The van der Waals surface area contributed by atoms with Gasteiger partial charge in [-0.2, -0.15) is 0 Å². The van der Waals surface area contributed by atoms with E-state index in [2.05, 4.69) is 5.32 Å². The Morgan fingerprint density at radius 3 is 2.58 bits per heavy atom. The van der Waals surface area contributed by atoms with Crippen LogP contribution in [0.4, 0.5) is 0 Å². The number of aliphatic carboxylic acids is 1. The first-order valence-corrected chi connectivity index (χ1v) is 6.27. The van der Waals surface area contributed by atoms with Gasteiger partial charge in [-0.05, 0) is 12.0 Å². The van der Waals surface area contributed by atoms with E-state index in [9.17, 15) is 9.59 Å². The number of carbonyl (C=O) groups excluding carboxylic acids is 1. The lowest BCUT2D eigenvalue weighted by Gasteiger charge is -2.15. The van der Waals surface area contributed by atoms with Crippen LogP contribution in [0.2, 0.25) is 0 Å². The van der Waals surface area contributed by atoms with Crippen LogP contribution in [-0.4, -0.2) is 36.7 Å². The molecule has 19 heavy (non-hydrogen) atoms. The molecule has 5 nitrogen and oxygen atoms in total. The summed E-state index contributed by atoms with van der Waals surface area (Å²) in [5, 5.41) is 11.1. The predicted octanol–water partition coefficient (Wildman–Crippen LogP) is 1.40. The van der Waals surface area contributed by atoms with E-state index in [0.29, 0.717) is 13.0 Å². The van der Waals surface area contributed by atoms with E-state index in [4.69, 9.17) is 9.84 Å². The van der Waals surface area contributed by atoms with Crippen molar-refractivity contribution in [2.75, 3.05) is 19.8 Å². The van der Waals surface area contributed by atoms with Gasteiger partial charge in [0, 0.05) is 6.54 Å². The van der Waals surface area contributed by atoms with Crippen LogP contribution in [0, 0.1) is 0 Å². The summed E-state index contributed by atoms with van der Waals surface area (Å²) in [7, 11) is 0. The highest BCUT2D eigenvalue weighted by atomic mass is 16.5. The van der Waals surface area contributed by atoms with Crippen LogP contribution >= 0.6 is 0 Å². The van der Waals surface area contributed by atoms with Crippen molar-refractivity contribution in [2.24, 2.45) is 0 Å². The van der Waals surface area contributed by atoms with Gasteiger partial charge in [0.05, 0.1) is 12.5 Å². The van der Waals surface area contributed by atoms with Gasteiger partial charge < -0.3 is 15.2 Å². The third-order valence-electron chi connectivity index (χ3n) is 2.70. The number of carboxylic acids is 1. The van der Waals surface area contributed by atoms with Crippen LogP contribution in [0.3, 0.4) is 0 Å². The van der Waals surface area contributed by atoms with Gasteiger partial charge in [-0.3, -0.25) is 4.79 Å². The predicted molar refractivity (Wildman–Crippen MR) is 70.9 cm³/mol. The molecule has 0 bridgehead atoms. The minimum atomic E-state index is -1.01. The monoisotopic (exact) mass is 265 g/mol. The summed E-state index contributed by atoms with van der Waals surface area (Å²) in [6.45, 7) is 2.13. The molecule has 5 heteroatoms. The van der Waals surface area contributed by atoms with Crippen LogP contribution in [0.25, 0.3) is 0 Å². The van der Waals surface area contributed by atoms with Crippen LogP contribution < -0.4 is 5.32 Å². The number of rotatable bonds is 8. The maximum atomic E-state index is 12.0. The van der Waals surface area contributed by atoms with E-state index in [0.717, 1.165) is 5.56 Å². The molecule has 0 aliphatic carbocycles. The Balaban J connectivity index is 2.37. The van der Waals surface area contributed by atoms with E-state index in [1.807, 2.05) is 37.3 Å². The first kappa shape index (κ1) is 15.2. The standard InChI is InChI=1S/C14H19NO4/c1-2-12(11-6-4-3-5-7-11)14(18)15-8-9-19-10-13(16)17/h3-7,12H,2,8-10H2,1H3,(H,15,18)(H,16,17). The summed E-state index contributed by atoms with van der Waals surface area (Å²) in [5.41, 5.74) is 0.981. The molecule has 0 saturated heterocycles. The molecule has 1 unspecified atom stereocenters. The van der Waals surface area contributed by atoms with E-state index in [-0.39, 0.29) is 25.0 Å². The Kier molecular flexibility index (Phi) is 6.60. The fraction of sp³-hybridized carbons (Fsp3) is 0.429. The van der Waals surface area contributed by atoms with Crippen LogP contribution in [0.15, 0.2) is 30.3 Å². The van der Waals surface area contributed by atoms with Gasteiger partial charge in [0.2, 0.25) is 5.91 Å². The Labute approximate surface area is 112 Å². The zero-order valence-corrected chi connectivity index (χ0v) is 11.0. The van der Waals surface area contributed by atoms with Crippen molar-refractivity contribution in [1.82, 2.24) is 5.32 Å². The van der Waals surface area contributed by atoms with E-state index in [1.54, 1.807) is 0 Å². The number of benzene rings is 1. The van der Waals surface area contributed by atoms with Crippen molar-refractivity contribution in [1.29, 1.82) is 0 Å². The molecule has 0 aromatic heterocycles. The zero-order valence-electron chi connectivity index (χ0n) is 11.0. The molecule has 0 aliphatic rings. The molecule has 2 N–H and O–H groups in total. The average Bonchev–Trinajstić information content (AvgIpc) is 2.40. The number of carbonyl (C=O) groups is 2. The topological polar surface area (TPSA) is 75.6 Å². The summed E-state index contributed by atoms with van der Waals surface area (Å²) < 4.78 is 4.85. The lowest BCUT2D eigenvalue weighted by Crippen LogP contribution is -2.32. The number of hydrogen-bond donors (Lipinski definition) is 2. The SMILES string of the molecule is CCC(C(=O)NCCOCC(=O)O)c1ccccc1. The Hall–Kier alpha value is -1.88. The molecular formula is C14H19NO4. The molecule has 1 amide bonds. The molecule has 1 aromatic carbocycles. The van der Waals surface area contributed by atoms with Crippen molar-refractivity contribution in [2.45, 2.75) is 19.3 Å². The number of amides is 1. The lowest BCUT2D eigenvalue weighted by molar-refractivity contribution is -0.142. The molecule has 0 fully saturated rings. The van der Waals surface area contributed by atoms with Gasteiger partial charge in [-0.15, -0.1) is 0 Å². The molecule has 0 saturated carbocycles. The van der Waals surface area contributed by atoms with E-state index in [1.165, 1.54) is 0 Å². The van der Waals surface area contributed by atoms with E-state index < -0.39 is 5.97 Å². The first-order valence-electron chi connectivity index (χ1n) is 6.27. The fourth-order valence-corrected chi connectivity index (χ4v) is 1.79. The Morgan fingerprint density at radius 1 is 1.32 bits per heavy atom. The average molecular weight is 265 g/mol. The molecule has 1 aromatic rings. The van der Waals surface area contributed by atoms with Gasteiger partial charge in [0.1, 0.15) is 6.61 Å². The molecule has 0 radical (unpaired) electrons. The maximum Gasteiger partial charge on any atom is 0.329 e. The molecule has 0 aliphatic heterocycles. The van der Waals surface area contributed by atoms with Crippen molar-refractivity contribution < 1.29 is 19.4 Å². The highest BCUT2D eigenvalue weighted by molar-refractivity contribution is 5.83. The van der Waals surface area contributed by atoms with Gasteiger partial charge in [-0.25, -0.2) is 4.79 Å². The van der Waals surface area contributed by atoms with Gasteiger partial charge in [-0.1, -0.05) is 37.3 Å². The highest BCUT2D eigenvalue weighted by Crippen LogP contribution is 2.18. The Morgan fingerprint density at radius 2 is 2.00 bits per heavy atom. The molecule has 0 spiro atoms. The normalized spacial score (nSPS) is 11.8. The van der Waals surface area contributed by atoms with E-state index >= 15 is 0 Å².